The maximum atomic E-state index is 7.23. The highest BCUT2D eigenvalue weighted by Gasteiger charge is 2.88. The Bertz CT molecular complexity index is 692. The van der Waals surface area contributed by atoms with E-state index in [0.717, 1.165) is 36.6 Å². The first-order chi connectivity index (χ1) is 14.4. The molecular weight excluding hydrogens is 384 g/mol. The number of rotatable bonds is 8. The molecule has 0 aromatic carbocycles. The Balaban J connectivity index is 1.28. The van der Waals surface area contributed by atoms with Crippen LogP contribution in [0.5, 0.6) is 0 Å². The van der Waals surface area contributed by atoms with E-state index in [1.165, 1.54) is 82.1 Å². The molecule has 5 aliphatic carbocycles. The minimum absolute atomic E-state index is 0.199. The molecule has 5 fully saturated rings. The second-order valence-electron chi connectivity index (χ2n) is 12.2. The normalized spacial score (nSPS) is 49.5. The van der Waals surface area contributed by atoms with Gasteiger partial charge in [0.1, 0.15) is 0 Å². The van der Waals surface area contributed by atoms with Gasteiger partial charge in [0, 0.05) is 23.5 Å². The maximum absolute atomic E-state index is 7.23. The second-order valence-corrected chi connectivity index (χ2v) is 13.2. The summed E-state index contributed by atoms with van der Waals surface area (Å²) >= 11 is 1.91. The van der Waals surface area contributed by atoms with Crippen molar-refractivity contribution in [1.29, 1.82) is 0 Å². The molecule has 0 bridgehead atoms. The summed E-state index contributed by atoms with van der Waals surface area (Å²) in [6.07, 6.45) is 19.0. The Hall–Kier alpha value is -0.150. The molecule has 2 nitrogen and oxygen atoms in total. The van der Waals surface area contributed by atoms with Gasteiger partial charge in [-0.15, -0.1) is 0 Å². The molecule has 8 atom stereocenters. The summed E-state index contributed by atoms with van der Waals surface area (Å²) in [4.78, 5) is 0. The molecule has 0 heterocycles. The largest absolute Gasteiger partial charge is 0.388 e. The van der Waals surface area contributed by atoms with Gasteiger partial charge in [0.05, 0.1) is 0 Å². The van der Waals surface area contributed by atoms with Crippen molar-refractivity contribution < 1.29 is 0 Å². The fourth-order valence-corrected chi connectivity index (χ4v) is 10.8. The Morgan fingerprint density at radius 2 is 1.90 bits per heavy atom. The summed E-state index contributed by atoms with van der Waals surface area (Å²) < 4.78 is 0. The van der Waals surface area contributed by atoms with Crippen molar-refractivity contribution in [1.82, 2.24) is 5.32 Å². The second kappa shape index (κ2) is 7.44. The summed E-state index contributed by atoms with van der Waals surface area (Å²) in [5.41, 5.74) is 10.4. The lowest BCUT2D eigenvalue weighted by Gasteiger charge is -2.47. The third kappa shape index (κ3) is 2.66. The fourth-order valence-electron chi connectivity index (χ4n) is 10.5. The van der Waals surface area contributed by atoms with Gasteiger partial charge < -0.3 is 11.1 Å². The molecule has 3 heteroatoms. The van der Waals surface area contributed by atoms with Gasteiger partial charge in [-0.1, -0.05) is 33.3 Å². The van der Waals surface area contributed by atoms with Crippen molar-refractivity contribution in [3.63, 3.8) is 0 Å². The molecule has 30 heavy (non-hydrogen) atoms. The van der Waals surface area contributed by atoms with E-state index in [1.54, 1.807) is 0 Å². The first kappa shape index (κ1) is 21.7. The quantitative estimate of drug-likeness (QED) is 0.440. The van der Waals surface area contributed by atoms with Crippen LogP contribution in [0.4, 0.5) is 0 Å². The van der Waals surface area contributed by atoms with Crippen LogP contribution >= 0.6 is 11.8 Å². The van der Waals surface area contributed by atoms with Crippen LogP contribution in [0.2, 0.25) is 0 Å². The van der Waals surface area contributed by atoms with Gasteiger partial charge in [-0.2, -0.15) is 11.8 Å². The predicted octanol–water partition coefficient (Wildman–Crippen LogP) is 6.36. The number of allylic oxidation sites excluding steroid dienone is 1. The van der Waals surface area contributed by atoms with E-state index >= 15 is 0 Å². The van der Waals surface area contributed by atoms with Crippen LogP contribution in [-0.4, -0.2) is 24.1 Å². The topological polar surface area (TPSA) is 38.0 Å². The van der Waals surface area contributed by atoms with Crippen molar-refractivity contribution in [2.45, 2.75) is 96.4 Å². The van der Waals surface area contributed by atoms with Crippen LogP contribution in [0.15, 0.2) is 12.3 Å². The Morgan fingerprint density at radius 1 is 1.10 bits per heavy atom. The van der Waals surface area contributed by atoms with Crippen molar-refractivity contribution >= 4 is 11.8 Å². The average molecular weight is 431 g/mol. The Kier molecular flexibility index (Phi) is 5.38. The number of nitrogens with two attached hydrogens (primary N) is 1. The molecule has 0 aromatic heterocycles. The molecule has 0 amide bonds. The molecule has 5 aliphatic rings. The van der Waals surface area contributed by atoms with E-state index < -0.39 is 0 Å². The zero-order chi connectivity index (χ0) is 21.2. The average Bonchev–Trinajstić information content (AvgIpc) is 2.97. The number of fused-ring (bicyclic) bond motifs is 1. The smallest absolute Gasteiger partial charge is 0.0234 e. The molecule has 0 aliphatic heterocycles. The van der Waals surface area contributed by atoms with E-state index in [4.69, 9.17) is 5.73 Å². The summed E-state index contributed by atoms with van der Waals surface area (Å²) in [6, 6.07) is 0. The third-order valence-electron chi connectivity index (χ3n) is 11.6. The van der Waals surface area contributed by atoms with E-state index in [0.29, 0.717) is 16.2 Å². The van der Waals surface area contributed by atoms with Gasteiger partial charge in [0.25, 0.3) is 0 Å². The standard InChI is InChI=1S/C27H46N2S/c1-19(7-8-20(2)29-17-18-30-4)21-9-10-22-24(21,3)14-11-23-26(22)16-15-25(28)12-5-6-13-27(23,25)26/h19,21-23,29H,2,5-18,28H2,1,3-4H3. The molecule has 5 saturated carbocycles. The van der Waals surface area contributed by atoms with Crippen LogP contribution < -0.4 is 11.1 Å². The molecule has 8 unspecified atom stereocenters. The molecule has 170 valence electrons. The van der Waals surface area contributed by atoms with Crippen LogP contribution in [-0.2, 0) is 0 Å². The molecule has 3 N–H and O–H groups in total. The predicted molar refractivity (Wildman–Crippen MR) is 130 cm³/mol. The number of hydrogen-bond donors (Lipinski definition) is 2. The van der Waals surface area contributed by atoms with E-state index in [2.05, 4.69) is 32.0 Å². The number of thioether (sulfide) groups is 1. The zero-order valence-corrected chi connectivity index (χ0v) is 20.7. The highest BCUT2D eigenvalue weighted by molar-refractivity contribution is 7.98. The summed E-state index contributed by atoms with van der Waals surface area (Å²) in [7, 11) is 0. The highest BCUT2D eigenvalue weighted by atomic mass is 32.2. The Labute approximate surface area is 190 Å². The summed E-state index contributed by atoms with van der Waals surface area (Å²) in [5, 5.41) is 3.54. The molecule has 0 radical (unpaired) electrons. The molecular formula is C27H46N2S. The third-order valence-corrected chi connectivity index (χ3v) is 12.2. The van der Waals surface area contributed by atoms with Crippen molar-refractivity contribution in [2.75, 3.05) is 18.6 Å². The fraction of sp³-hybridized carbons (Fsp3) is 0.926. The van der Waals surface area contributed by atoms with Crippen LogP contribution in [0.3, 0.4) is 0 Å². The number of hydrogen-bond acceptors (Lipinski definition) is 3. The van der Waals surface area contributed by atoms with Crippen LogP contribution in [0, 0.1) is 39.9 Å². The number of nitrogens with one attached hydrogen (secondary N) is 1. The lowest BCUT2D eigenvalue weighted by Crippen LogP contribution is -2.50. The SMILES string of the molecule is C=C(CCC(C)C1CCC2C1(C)CCC1C23CCC2(N)CCCCC123)NCCSC. The zero-order valence-electron chi connectivity index (χ0n) is 19.9. The van der Waals surface area contributed by atoms with E-state index in [9.17, 15) is 0 Å². The van der Waals surface area contributed by atoms with Gasteiger partial charge in [-0.3, -0.25) is 0 Å². The van der Waals surface area contributed by atoms with Crippen molar-refractivity contribution in [3.05, 3.63) is 12.3 Å². The van der Waals surface area contributed by atoms with Gasteiger partial charge in [-0.05, 0) is 110 Å². The minimum Gasteiger partial charge on any atom is -0.388 e. The molecule has 0 saturated heterocycles. The van der Waals surface area contributed by atoms with Crippen LogP contribution in [0.1, 0.15) is 90.9 Å². The molecule has 5 rings (SSSR count). The minimum atomic E-state index is 0.199. The van der Waals surface area contributed by atoms with E-state index in [-0.39, 0.29) is 5.54 Å². The van der Waals surface area contributed by atoms with Crippen molar-refractivity contribution in [3.8, 4) is 0 Å². The maximum Gasteiger partial charge on any atom is 0.0234 e. The van der Waals surface area contributed by atoms with Gasteiger partial charge >= 0.3 is 0 Å². The van der Waals surface area contributed by atoms with Gasteiger partial charge in [0.2, 0.25) is 0 Å². The van der Waals surface area contributed by atoms with E-state index in [1.807, 2.05) is 11.8 Å². The Morgan fingerprint density at radius 3 is 2.70 bits per heavy atom. The van der Waals surface area contributed by atoms with Crippen LogP contribution in [0.25, 0.3) is 0 Å². The summed E-state index contributed by atoms with van der Waals surface area (Å²) in [5.74, 6) is 4.84. The van der Waals surface area contributed by atoms with Crippen molar-refractivity contribution in [2.24, 2.45) is 45.7 Å². The molecule has 2 spiro atoms. The van der Waals surface area contributed by atoms with Gasteiger partial charge in [-0.25, -0.2) is 0 Å². The lowest BCUT2D eigenvalue weighted by molar-refractivity contribution is 0.0145. The summed E-state index contributed by atoms with van der Waals surface area (Å²) in [6.45, 7) is 10.6. The lowest BCUT2D eigenvalue weighted by atomic mass is 9.58. The highest BCUT2D eigenvalue weighted by Crippen LogP contribution is 2.92. The first-order valence-electron chi connectivity index (χ1n) is 13.1. The van der Waals surface area contributed by atoms with Gasteiger partial charge in [0.15, 0.2) is 0 Å². The molecule has 0 aromatic rings. The first-order valence-corrected chi connectivity index (χ1v) is 14.4. The monoisotopic (exact) mass is 430 g/mol.